The van der Waals surface area contributed by atoms with Crippen molar-refractivity contribution in [3.8, 4) is 5.75 Å². The van der Waals surface area contributed by atoms with Gasteiger partial charge in [0.25, 0.3) is 0 Å². The molecule has 9 heteroatoms. The molecular formula is C16H25F3IN3O2. The first kappa shape index (κ1) is 23.8. The number of guanidine groups is 1. The Bertz CT molecular complexity index is 514. The molecule has 0 saturated carbocycles. The number of nitrogens with one attached hydrogen (secondary N) is 2. The van der Waals surface area contributed by atoms with Crippen LogP contribution in [0.1, 0.15) is 19.4 Å². The molecule has 0 fully saturated rings. The lowest BCUT2D eigenvalue weighted by atomic mass is 10.2. The first-order valence-electron chi connectivity index (χ1n) is 7.87. The number of halogens is 4. The number of alkyl halides is 3. The Hall–Kier alpha value is -1.23. The second kappa shape index (κ2) is 13.0. The Labute approximate surface area is 163 Å². The van der Waals surface area contributed by atoms with E-state index in [-0.39, 0.29) is 36.3 Å². The first-order chi connectivity index (χ1) is 11.5. The molecule has 1 aromatic rings. The summed E-state index contributed by atoms with van der Waals surface area (Å²) in [5.74, 6) is 0.801. The third-order valence-electron chi connectivity index (χ3n) is 2.88. The quantitative estimate of drug-likeness (QED) is 0.249. The van der Waals surface area contributed by atoms with Crippen molar-refractivity contribution in [2.24, 2.45) is 4.99 Å². The monoisotopic (exact) mass is 475 g/mol. The molecular weight excluding hydrogens is 450 g/mol. The zero-order valence-electron chi connectivity index (χ0n) is 14.4. The zero-order chi connectivity index (χ0) is 17.8. The molecule has 5 nitrogen and oxygen atoms in total. The molecule has 0 unspecified atom stereocenters. The third kappa shape index (κ3) is 10.4. The molecule has 0 aromatic heterocycles. The van der Waals surface area contributed by atoms with Gasteiger partial charge in [0.05, 0.1) is 25.3 Å². The van der Waals surface area contributed by atoms with Gasteiger partial charge < -0.3 is 20.1 Å². The van der Waals surface area contributed by atoms with E-state index >= 15 is 0 Å². The summed E-state index contributed by atoms with van der Waals surface area (Å²) in [7, 11) is 0. The average Bonchev–Trinajstić information content (AvgIpc) is 2.55. The summed E-state index contributed by atoms with van der Waals surface area (Å²) in [6.07, 6.45) is -4.37. The highest BCUT2D eigenvalue weighted by Crippen LogP contribution is 2.31. The van der Waals surface area contributed by atoms with Crippen molar-refractivity contribution in [1.82, 2.24) is 10.6 Å². The standard InChI is InChI=1S/C16H24F3N3O2.HI/c1-3-20-15(21-8-10-23-4-2)22-9-11-24-14-7-5-6-13(12-14)16(17,18)19;/h5-7,12H,3-4,8-11H2,1-2H3,(H2,20,21,22);1H. The number of ether oxygens (including phenoxy) is 2. The summed E-state index contributed by atoms with van der Waals surface area (Å²) >= 11 is 0. The van der Waals surface area contributed by atoms with Crippen molar-refractivity contribution < 1.29 is 22.6 Å². The first-order valence-corrected chi connectivity index (χ1v) is 7.87. The van der Waals surface area contributed by atoms with Gasteiger partial charge in [-0.1, -0.05) is 6.07 Å². The molecule has 0 amide bonds. The second-order valence-electron chi connectivity index (χ2n) is 4.76. The number of nitrogens with zero attached hydrogens (tertiary/aromatic N) is 1. The molecule has 0 saturated heterocycles. The van der Waals surface area contributed by atoms with Gasteiger partial charge in [0.1, 0.15) is 12.4 Å². The Morgan fingerprint density at radius 1 is 1.16 bits per heavy atom. The largest absolute Gasteiger partial charge is 0.492 e. The Kier molecular flexibility index (Phi) is 12.4. The van der Waals surface area contributed by atoms with E-state index in [1.54, 1.807) is 0 Å². The van der Waals surface area contributed by atoms with Gasteiger partial charge in [-0.05, 0) is 32.0 Å². The minimum Gasteiger partial charge on any atom is -0.492 e. The van der Waals surface area contributed by atoms with Gasteiger partial charge in [-0.15, -0.1) is 24.0 Å². The normalized spacial score (nSPS) is 11.6. The lowest BCUT2D eigenvalue weighted by molar-refractivity contribution is -0.137. The maximum atomic E-state index is 12.6. The molecule has 0 aliphatic rings. The third-order valence-corrected chi connectivity index (χ3v) is 2.88. The minimum atomic E-state index is -4.37. The van der Waals surface area contributed by atoms with E-state index in [9.17, 15) is 13.2 Å². The van der Waals surface area contributed by atoms with Crippen LogP contribution in [0, 0.1) is 0 Å². The smallest absolute Gasteiger partial charge is 0.416 e. The van der Waals surface area contributed by atoms with Crippen LogP contribution in [0.2, 0.25) is 0 Å². The fraction of sp³-hybridized carbons (Fsp3) is 0.562. The molecule has 25 heavy (non-hydrogen) atoms. The molecule has 0 spiro atoms. The van der Waals surface area contributed by atoms with Crippen molar-refractivity contribution in [1.29, 1.82) is 0 Å². The lowest BCUT2D eigenvalue weighted by Crippen LogP contribution is -2.39. The van der Waals surface area contributed by atoms with Gasteiger partial charge in [-0.2, -0.15) is 13.2 Å². The van der Waals surface area contributed by atoms with Crippen molar-refractivity contribution in [2.75, 3.05) is 39.5 Å². The topological polar surface area (TPSA) is 54.9 Å². The van der Waals surface area contributed by atoms with Gasteiger partial charge >= 0.3 is 6.18 Å². The molecule has 144 valence electrons. The van der Waals surface area contributed by atoms with Gasteiger partial charge in [-0.25, -0.2) is 0 Å². The van der Waals surface area contributed by atoms with Crippen LogP contribution in [0.15, 0.2) is 29.3 Å². The molecule has 0 aliphatic heterocycles. The van der Waals surface area contributed by atoms with Crippen molar-refractivity contribution >= 4 is 29.9 Å². The molecule has 0 bridgehead atoms. The number of hydrogen-bond acceptors (Lipinski definition) is 3. The SMILES string of the molecule is CCNC(=NCCOCC)NCCOc1cccc(C(F)(F)F)c1.I. The van der Waals surface area contributed by atoms with E-state index in [1.165, 1.54) is 12.1 Å². The van der Waals surface area contributed by atoms with Gasteiger partial charge in [0.2, 0.25) is 0 Å². The Morgan fingerprint density at radius 3 is 2.56 bits per heavy atom. The van der Waals surface area contributed by atoms with Crippen LogP contribution < -0.4 is 15.4 Å². The van der Waals surface area contributed by atoms with Crippen LogP contribution >= 0.6 is 24.0 Å². The number of benzene rings is 1. The van der Waals surface area contributed by atoms with Crippen LogP contribution in [-0.4, -0.2) is 45.4 Å². The van der Waals surface area contributed by atoms with Crippen LogP contribution in [0.4, 0.5) is 13.2 Å². The van der Waals surface area contributed by atoms with Crippen LogP contribution in [-0.2, 0) is 10.9 Å². The summed E-state index contributed by atoms with van der Waals surface area (Å²) in [5.41, 5.74) is -0.723. The molecule has 0 atom stereocenters. The van der Waals surface area contributed by atoms with E-state index < -0.39 is 11.7 Å². The van der Waals surface area contributed by atoms with Crippen LogP contribution in [0.25, 0.3) is 0 Å². The van der Waals surface area contributed by atoms with Gasteiger partial charge in [0, 0.05) is 13.2 Å². The van der Waals surface area contributed by atoms with Gasteiger partial charge in [-0.3, -0.25) is 4.99 Å². The molecule has 0 radical (unpaired) electrons. The maximum Gasteiger partial charge on any atom is 0.416 e. The molecule has 2 N–H and O–H groups in total. The van der Waals surface area contributed by atoms with Crippen molar-refractivity contribution in [2.45, 2.75) is 20.0 Å². The molecule has 0 aliphatic carbocycles. The molecule has 0 heterocycles. The number of rotatable bonds is 9. The highest BCUT2D eigenvalue weighted by atomic mass is 127. The van der Waals surface area contributed by atoms with Crippen molar-refractivity contribution in [3.63, 3.8) is 0 Å². The number of aliphatic imine (C=N–C) groups is 1. The van der Waals surface area contributed by atoms with E-state index in [0.717, 1.165) is 12.1 Å². The zero-order valence-corrected chi connectivity index (χ0v) is 16.7. The number of hydrogen-bond donors (Lipinski definition) is 2. The van der Waals surface area contributed by atoms with E-state index in [1.807, 2.05) is 13.8 Å². The highest BCUT2D eigenvalue weighted by Gasteiger charge is 2.30. The summed E-state index contributed by atoms with van der Waals surface area (Å²) in [6.45, 7) is 6.90. The van der Waals surface area contributed by atoms with E-state index in [4.69, 9.17) is 9.47 Å². The Balaban J connectivity index is 0.00000576. The lowest BCUT2D eigenvalue weighted by Gasteiger charge is -2.13. The predicted molar refractivity (Wildman–Crippen MR) is 103 cm³/mol. The second-order valence-corrected chi connectivity index (χ2v) is 4.76. The summed E-state index contributed by atoms with van der Waals surface area (Å²) in [5, 5.41) is 6.12. The Morgan fingerprint density at radius 2 is 1.92 bits per heavy atom. The minimum absolute atomic E-state index is 0. The average molecular weight is 475 g/mol. The maximum absolute atomic E-state index is 12.6. The summed E-state index contributed by atoms with van der Waals surface area (Å²) in [6, 6.07) is 4.82. The fourth-order valence-corrected chi connectivity index (χ4v) is 1.81. The van der Waals surface area contributed by atoms with Crippen LogP contribution in [0.3, 0.4) is 0 Å². The predicted octanol–water partition coefficient (Wildman–Crippen LogP) is 3.29. The highest BCUT2D eigenvalue weighted by molar-refractivity contribution is 14.0. The van der Waals surface area contributed by atoms with E-state index in [0.29, 0.717) is 38.8 Å². The van der Waals surface area contributed by atoms with Crippen molar-refractivity contribution in [3.05, 3.63) is 29.8 Å². The van der Waals surface area contributed by atoms with Crippen LogP contribution in [0.5, 0.6) is 5.75 Å². The molecule has 1 aromatic carbocycles. The van der Waals surface area contributed by atoms with Gasteiger partial charge in [0.15, 0.2) is 5.96 Å². The fourth-order valence-electron chi connectivity index (χ4n) is 1.81. The van der Waals surface area contributed by atoms with E-state index in [2.05, 4.69) is 15.6 Å². The summed E-state index contributed by atoms with van der Waals surface area (Å²) < 4.78 is 48.4. The summed E-state index contributed by atoms with van der Waals surface area (Å²) in [4.78, 5) is 4.31. The molecule has 1 rings (SSSR count).